The molecular weight excluding hydrogens is 1860 g/mol. The standard InChI is InChI=1S/2C13H10F2O.2C12H8F2O.C12H7FO.C7H9BO3.C6H3BrF2.CH2Cl2.CH2O3.5CH4.BBr3.2K.H/c2*1-16-12-8-3-2-5-9(12)13-10(14)6-4-7-11(13)15;2*13-9-5-3-6-10(14)12(9)8-4-1-2-7-11(8)15;13-9-5-3-7-11-12(9)8-4-1-2-6-10(8)14-11;1-11-7-5-3-2-4-6(7)8(9)10;7-6-4(8)2-1-3-5(6)9;2-1-3;2-1-4-3;;;;;;2-1(3)4;;;/h2*2-8H,1H3;2*1-7,15H;1-7H;2-5,9-10H,1H3;1-3H;1H2;1,3H;5*1H4;;;;/q;;;;;;;;;;;;;;;2*+1;-1/p-1. The first-order chi connectivity index (χ1) is 51.3. The fourth-order valence-corrected chi connectivity index (χ4v) is 9.45. The average Bonchev–Trinajstić information content (AvgIpc) is 1.61. The van der Waals surface area contributed by atoms with E-state index in [1.807, 2.05) is 24.3 Å². The van der Waals surface area contributed by atoms with E-state index < -0.39 is 65.3 Å². The molecule has 0 bridgehead atoms. The third-order valence-corrected chi connectivity index (χ3v) is 14.4. The molecule has 0 aliphatic carbocycles. The molecular formula is C82H79B2Br4Cl2F11K2O11. The predicted octanol–water partition coefficient (Wildman–Crippen LogP) is 19.1. The van der Waals surface area contributed by atoms with E-state index in [-0.39, 0.29) is 211 Å². The van der Waals surface area contributed by atoms with Crippen LogP contribution in [0, 0.1) is 64.0 Å². The molecule has 0 spiro atoms. The summed E-state index contributed by atoms with van der Waals surface area (Å²) in [4.78, 5) is 11.2. The summed E-state index contributed by atoms with van der Waals surface area (Å²) in [6.07, 6.45) is 0. The van der Waals surface area contributed by atoms with Crippen molar-refractivity contribution in [3.63, 3.8) is 0 Å². The summed E-state index contributed by atoms with van der Waals surface area (Å²) in [6.45, 7) is -0.181. The molecule has 0 radical (unpaired) electrons. The van der Waals surface area contributed by atoms with Gasteiger partial charge in [0.2, 0.25) is 0 Å². The van der Waals surface area contributed by atoms with Crippen molar-refractivity contribution in [3.8, 4) is 73.3 Å². The number of carbonyl (C=O) groups is 1. The second-order valence-electron chi connectivity index (χ2n) is 20.2. The summed E-state index contributed by atoms with van der Waals surface area (Å²) >= 11 is 21.6. The first-order valence-corrected chi connectivity index (χ1v) is 34.9. The summed E-state index contributed by atoms with van der Waals surface area (Å²) in [5.41, 5.74) is 2.36. The van der Waals surface area contributed by atoms with E-state index in [1.54, 1.807) is 109 Å². The number of halogens is 17. The topological polar surface area (TPSA) is 171 Å². The van der Waals surface area contributed by atoms with Crippen molar-refractivity contribution in [1.29, 1.82) is 0 Å². The van der Waals surface area contributed by atoms with Gasteiger partial charge >= 0.3 is 113 Å². The van der Waals surface area contributed by atoms with Crippen molar-refractivity contribution in [2.75, 3.05) is 26.7 Å². The molecule has 600 valence electrons. The van der Waals surface area contributed by atoms with E-state index in [4.69, 9.17) is 61.9 Å². The molecule has 12 aromatic carbocycles. The molecule has 1 aromatic heterocycles. The van der Waals surface area contributed by atoms with Crippen LogP contribution in [0.5, 0.6) is 28.7 Å². The molecule has 13 rings (SSSR count). The maximum Gasteiger partial charge on any atom is 1.00 e. The summed E-state index contributed by atoms with van der Waals surface area (Å²) in [6, 6.07) is 63.2. The number of phenols is 2. The Morgan fingerprint density at radius 1 is 0.395 bits per heavy atom. The molecule has 0 saturated carbocycles. The Kier molecular flexibility index (Phi) is 62.3. The first-order valence-electron chi connectivity index (χ1n) is 30.3. The quantitative estimate of drug-likeness (QED) is 0.0206. The van der Waals surface area contributed by atoms with Gasteiger partial charge in [0.25, 0.3) is 6.47 Å². The normalized spacial score (nSPS) is 9.18. The fraction of sp³-hybridized carbons (Fsp3) is 0.110. The Balaban J connectivity index is -0.000000398. The second-order valence-corrected chi connectivity index (χ2v) is 28.3. The number of phenolic OH excluding ortho intramolecular Hbond substituents is 2. The van der Waals surface area contributed by atoms with Gasteiger partial charge in [0, 0.05) is 33.1 Å². The number of rotatable bonds is 9. The van der Waals surface area contributed by atoms with Crippen molar-refractivity contribution in [1.82, 2.24) is 0 Å². The molecule has 13 aromatic rings. The van der Waals surface area contributed by atoms with Gasteiger partial charge in [-0.1, -0.05) is 183 Å². The minimum absolute atomic E-state index is 0. The number of carbonyl (C=O) groups excluding carboxylic acids is 1. The van der Waals surface area contributed by atoms with Gasteiger partial charge in [-0.15, -0.1) is 70.5 Å². The molecule has 32 heteroatoms. The molecule has 0 unspecified atom stereocenters. The Hall–Kier alpha value is -6.08. The first kappa shape index (κ1) is 114. The number of furan rings is 1. The Labute approximate surface area is 787 Å². The van der Waals surface area contributed by atoms with Crippen molar-refractivity contribution >= 4 is 131 Å². The van der Waals surface area contributed by atoms with E-state index >= 15 is 0 Å². The molecule has 4 N–H and O–H groups in total. The van der Waals surface area contributed by atoms with E-state index in [0.29, 0.717) is 44.8 Å². The average molecular weight is 1940 g/mol. The fourth-order valence-electron chi connectivity index (χ4n) is 9.18. The number of fused-ring (bicyclic) bond motifs is 3. The second kappa shape index (κ2) is 62.2. The largest absolute Gasteiger partial charge is 1.00 e. The molecule has 0 aliphatic heterocycles. The van der Waals surface area contributed by atoms with Gasteiger partial charge in [0.1, 0.15) is 104 Å². The number of aromatic hydroxyl groups is 2. The smallest absolute Gasteiger partial charge is 1.00 e. The summed E-state index contributed by atoms with van der Waals surface area (Å²) < 4.78 is 166. The molecule has 11 nitrogen and oxygen atoms in total. The van der Waals surface area contributed by atoms with Crippen LogP contribution in [-0.2, 0) is 9.68 Å². The zero-order valence-corrected chi connectivity index (χ0v) is 71.9. The molecule has 1 heterocycles. The number of hydrogen-bond acceptors (Lipinski definition) is 11. The third-order valence-electron chi connectivity index (χ3n) is 13.7. The van der Waals surface area contributed by atoms with Crippen LogP contribution in [0.15, 0.2) is 264 Å². The zero-order chi connectivity index (χ0) is 79.1. The summed E-state index contributed by atoms with van der Waals surface area (Å²) in [5.74, 6) is -5.37. The van der Waals surface area contributed by atoms with Crippen LogP contribution in [0.4, 0.5) is 48.3 Å². The third kappa shape index (κ3) is 36.4. The van der Waals surface area contributed by atoms with Crippen molar-refractivity contribution in [3.05, 3.63) is 323 Å². The Morgan fingerprint density at radius 3 is 0.939 bits per heavy atom. The SMILES string of the molecule is BrB(Br)Br.C.C.C.C.C.COc1ccccc1-c1c(F)cccc1F.COc1ccccc1-c1c(F)cccc1F.COc1ccccc1B(O)O.ClCCl.Fc1cccc(F)c1Br.Fc1cccc2oc3ccccc3c12.O=CO[O-].Oc1ccccc1-c1c(F)cccc1F.Oc1ccccc1-c1c(F)cccc1F.[H-].[K+].[K+]. The number of hydrogen-bond donors (Lipinski definition) is 4. The van der Waals surface area contributed by atoms with Crippen molar-refractivity contribution in [2.45, 2.75) is 37.1 Å². The van der Waals surface area contributed by atoms with Gasteiger partial charge in [0.05, 0.1) is 58.8 Å². The van der Waals surface area contributed by atoms with Gasteiger partial charge in [-0.25, -0.2) is 48.3 Å². The number of alkyl halides is 2. The van der Waals surface area contributed by atoms with Crippen molar-refractivity contribution in [2.24, 2.45) is 0 Å². The van der Waals surface area contributed by atoms with Gasteiger partial charge in [-0.05, 0) is 125 Å². The number of methoxy groups -OCH3 is 3. The van der Waals surface area contributed by atoms with Crippen LogP contribution in [0.1, 0.15) is 38.6 Å². The van der Waals surface area contributed by atoms with Crippen LogP contribution in [0.3, 0.4) is 0 Å². The van der Waals surface area contributed by atoms with Gasteiger partial charge in [-0.2, -0.15) is 0 Å². The number of para-hydroxylation sites is 6. The maximum absolute atomic E-state index is 13.6. The van der Waals surface area contributed by atoms with Crippen LogP contribution < -0.4 is 128 Å². The summed E-state index contributed by atoms with van der Waals surface area (Å²) in [7, 11) is 2.96. The number of ether oxygens (including phenoxy) is 3. The van der Waals surface area contributed by atoms with Crippen LogP contribution in [-0.4, -0.2) is 63.7 Å². The maximum atomic E-state index is 13.6. The predicted molar refractivity (Wildman–Crippen MR) is 445 cm³/mol. The zero-order valence-electron chi connectivity index (χ0n) is 58.8. The molecule has 114 heavy (non-hydrogen) atoms. The monoisotopic (exact) mass is 1930 g/mol. The van der Waals surface area contributed by atoms with Gasteiger partial charge in [-0.3, -0.25) is 4.79 Å². The van der Waals surface area contributed by atoms with Crippen LogP contribution in [0.25, 0.3) is 66.4 Å². The molecule has 0 atom stereocenters. The Morgan fingerprint density at radius 2 is 0.640 bits per heavy atom. The molecule has 0 saturated heterocycles. The van der Waals surface area contributed by atoms with E-state index in [0.717, 1.165) is 35.2 Å². The van der Waals surface area contributed by atoms with Gasteiger partial charge in [0.15, 0.2) is 0 Å². The van der Waals surface area contributed by atoms with E-state index in [2.05, 4.69) is 68.1 Å². The number of benzene rings is 12. The molecule has 0 fully saturated rings. The summed E-state index contributed by atoms with van der Waals surface area (Å²) in [5, 5.41) is 46.6. The van der Waals surface area contributed by atoms with Crippen LogP contribution in [0.2, 0.25) is 0 Å². The van der Waals surface area contributed by atoms with Gasteiger partial charge < -0.3 is 50.5 Å². The van der Waals surface area contributed by atoms with E-state index in [9.17, 15) is 58.5 Å². The van der Waals surface area contributed by atoms with E-state index in [1.165, 1.54) is 118 Å². The Bertz CT molecular complexity index is 4640. The minimum Gasteiger partial charge on any atom is -1.00 e. The van der Waals surface area contributed by atoms with Crippen molar-refractivity contribution < 1.29 is 206 Å². The minimum atomic E-state index is -1.47. The molecule has 0 aliphatic rings. The molecule has 0 amide bonds. The van der Waals surface area contributed by atoms with Crippen LogP contribution >= 0.6 is 86.4 Å².